The molecule has 0 fully saturated rings. The van der Waals surface area contributed by atoms with Crippen molar-refractivity contribution >= 4 is 5.91 Å². The summed E-state index contributed by atoms with van der Waals surface area (Å²) in [5.41, 5.74) is 1.19. The van der Waals surface area contributed by atoms with Gasteiger partial charge in [-0.3, -0.25) is 9.59 Å². The van der Waals surface area contributed by atoms with Gasteiger partial charge in [0.15, 0.2) is 0 Å². The van der Waals surface area contributed by atoms with Gasteiger partial charge in [0.25, 0.3) is 5.56 Å². The Morgan fingerprint density at radius 1 is 1.27 bits per heavy atom. The third kappa shape index (κ3) is 4.26. The maximum atomic E-state index is 11.9. The predicted molar refractivity (Wildman–Crippen MR) is 83.2 cm³/mol. The molecule has 0 aliphatic carbocycles. The number of carbonyl (C=O) groups is 1. The van der Waals surface area contributed by atoms with E-state index in [1.165, 1.54) is 6.07 Å². The summed E-state index contributed by atoms with van der Waals surface area (Å²) in [6, 6.07) is 12.3. The largest absolute Gasteiger partial charge is 0.396 e. The molecule has 1 amide bonds. The first-order valence-electron chi connectivity index (χ1n) is 7.14. The van der Waals surface area contributed by atoms with E-state index in [0.717, 1.165) is 10.2 Å². The maximum Gasteiger partial charge on any atom is 0.267 e. The lowest BCUT2D eigenvalue weighted by Gasteiger charge is -2.13. The Morgan fingerprint density at radius 3 is 2.68 bits per heavy atom. The fourth-order valence-electron chi connectivity index (χ4n) is 2.05. The Morgan fingerprint density at radius 2 is 2.00 bits per heavy atom. The summed E-state index contributed by atoms with van der Waals surface area (Å²) in [4.78, 5) is 23.7. The average molecular weight is 301 g/mol. The van der Waals surface area contributed by atoms with Gasteiger partial charge in [-0.2, -0.15) is 5.10 Å². The van der Waals surface area contributed by atoms with E-state index in [1.807, 2.05) is 30.3 Å². The minimum atomic E-state index is -0.329. The molecule has 1 unspecified atom stereocenters. The van der Waals surface area contributed by atoms with Gasteiger partial charge in [0, 0.05) is 24.3 Å². The molecule has 0 spiro atoms. The fraction of sp³-hybridized carbons (Fsp3) is 0.312. The zero-order valence-corrected chi connectivity index (χ0v) is 12.4. The van der Waals surface area contributed by atoms with Crippen LogP contribution in [-0.4, -0.2) is 33.4 Å². The van der Waals surface area contributed by atoms with Crippen LogP contribution in [-0.2, 0) is 11.3 Å². The molecule has 0 radical (unpaired) electrons. The molecule has 0 saturated carbocycles. The molecule has 6 heteroatoms. The lowest BCUT2D eigenvalue weighted by Crippen LogP contribution is -2.38. The van der Waals surface area contributed by atoms with Gasteiger partial charge in [-0.05, 0) is 19.4 Å². The number of rotatable bonds is 6. The Balaban J connectivity index is 2.14. The van der Waals surface area contributed by atoms with Crippen molar-refractivity contribution in [3.8, 4) is 11.3 Å². The van der Waals surface area contributed by atoms with Crippen molar-refractivity contribution in [1.29, 1.82) is 0 Å². The molecule has 0 saturated heterocycles. The zero-order chi connectivity index (χ0) is 15.9. The maximum absolute atomic E-state index is 11.9. The Labute approximate surface area is 128 Å². The quantitative estimate of drug-likeness (QED) is 0.826. The van der Waals surface area contributed by atoms with Gasteiger partial charge >= 0.3 is 0 Å². The van der Waals surface area contributed by atoms with E-state index >= 15 is 0 Å². The number of nitrogens with zero attached hydrogens (tertiary/aromatic N) is 2. The number of aliphatic hydroxyl groups excluding tert-OH is 1. The van der Waals surface area contributed by atoms with Gasteiger partial charge in [-0.1, -0.05) is 30.3 Å². The summed E-state index contributed by atoms with van der Waals surface area (Å²) in [6.45, 7) is 1.66. The standard InChI is InChI=1S/C16H19N3O3/c1-12(9-10-20)17-15(21)11-19-16(22)8-7-14(18-19)13-5-3-2-4-6-13/h2-8,12,20H,9-11H2,1H3,(H,17,21). The third-order valence-electron chi connectivity index (χ3n) is 3.20. The topological polar surface area (TPSA) is 84.2 Å². The molecule has 0 bridgehead atoms. The molecule has 0 aliphatic heterocycles. The van der Waals surface area contributed by atoms with E-state index in [2.05, 4.69) is 10.4 Å². The van der Waals surface area contributed by atoms with Crippen LogP contribution in [0.1, 0.15) is 13.3 Å². The fourth-order valence-corrected chi connectivity index (χ4v) is 2.05. The van der Waals surface area contributed by atoms with Gasteiger partial charge in [0.1, 0.15) is 6.54 Å². The SMILES string of the molecule is CC(CCO)NC(=O)Cn1nc(-c2ccccc2)ccc1=O. The molecule has 2 N–H and O–H groups in total. The first-order valence-corrected chi connectivity index (χ1v) is 7.14. The monoisotopic (exact) mass is 301 g/mol. The second-order valence-corrected chi connectivity index (χ2v) is 5.06. The van der Waals surface area contributed by atoms with E-state index in [1.54, 1.807) is 13.0 Å². The van der Waals surface area contributed by atoms with Crippen LogP contribution in [0.15, 0.2) is 47.3 Å². The van der Waals surface area contributed by atoms with Crippen molar-refractivity contribution in [2.24, 2.45) is 0 Å². The van der Waals surface area contributed by atoms with Crippen LogP contribution in [0.4, 0.5) is 0 Å². The predicted octanol–water partition coefficient (Wildman–Crippen LogP) is 0.797. The minimum absolute atomic E-state index is 0.00311. The molecule has 6 nitrogen and oxygen atoms in total. The second kappa shape index (κ2) is 7.51. The highest BCUT2D eigenvalue weighted by Gasteiger charge is 2.10. The Kier molecular flexibility index (Phi) is 5.43. The zero-order valence-electron chi connectivity index (χ0n) is 12.4. The van der Waals surface area contributed by atoms with Gasteiger partial charge in [-0.15, -0.1) is 0 Å². The number of amides is 1. The molecular weight excluding hydrogens is 282 g/mol. The van der Waals surface area contributed by atoms with Crippen LogP contribution in [0.5, 0.6) is 0 Å². The highest BCUT2D eigenvalue weighted by atomic mass is 16.3. The van der Waals surface area contributed by atoms with Gasteiger partial charge < -0.3 is 10.4 Å². The highest BCUT2D eigenvalue weighted by molar-refractivity contribution is 5.76. The number of benzene rings is 1. The highest BCUT2D eigenvalue weighted by Crippen LogP contribution is 2.13. The molecule has 1 atom stereocenters. The van der Waals surface area contributed by atoms with Crippen LogP contribution in [0, 0.1) is 0 Å². The van der Waals surface area contributed by atoms with Crippen molar-refractivity contribution in [3.63, 3.8) is 0 Å². The smallest absolute Gasteiger partial charge is 0.267 e. The first-order chi connectivity index (χ1) is 10.6. The van der Waals surface area contributed by atoms with Crippen LogP contribution >= 0.6 is 0 Å². The van der Waals surface area contributed by atoms with Crippen molar-refractivity contribution in [2.75, 3.05) is 6.61 Å². The van der Waals surface area contributed by atoms with Gasteiger partial charge in [0.2, 0.25) is 5.91 Å². The summed E-state index contributed by atoms with van der Waals surface area (Å²) in [5, 5.41) is 15.8. The van der Waals surface area contributed by atoms with E-state index in [4.69, 9.17) is 5.11 Å². The number of hydrogen-bond acceptors (Lipinski definition) is 4. The number of carbonyl (C=O) groups excluding carboxylic acids is 1. The number of aromatic nitrogens is 2. The second-order valence-electron chi connectivity index (χ2n) is 5.06. The van der Waals surface area contributed by atoms with E-state index < -0.39 is 0 Å². The summed E-state index contributed by atoms with van der Waals surface area (Å²) < 4.78 is 1.14. The Bertz CT molecular complexity index is 683. The molecule has 22 heavy (non-hydrogen) atoms. The lowest BCUT2D eigenvalue weighted by molar-refractivity contribution is -0.122. The molecule has 116 valence electrons. The first kappa shape index (κ1) is 15.9. The summed E-state index contributed by atoms with van der Waals surface area (Å²) in [7, 11) is 0. The molecular formula is C16H19N3O3. The minimum Gasteiger partial charge on any atom is -0.396 e. The van der Waals surface area contributed by atoms with Crippen LogP contribution in [0.25, 0.3) is 11.3 Å². The van der Waals surface area contributed by atoms with Crippen molar-refractivity contribution in [3.05, 3.63) is 52.8 Å². The molecule has 1 heterocycles. The number of nitrogens with one attached hydrogen (secondary N) is 1. The molecule has 0 aliphatic rings. The van der Waals surface area contributed by atoms with Crippen molar-refractivity contribution in [1.82, 2.24) is 15.1 Å². The summed E-state index contributed by atoms with van der Waals surface area (Å²) in [5.74, 6) is -0.305. The van der Waals surface area contributed by atoms with Crippen molar-refractivity contribution < 1.29 is 9.90 Å². The van der Waals surface area contributed by atoms with Crippen LogP contribution in [0.2, 0.25) is 0 Å². The molecule has 2 aromatic rings. The molecule has 2 rings (SSSR count). The average Bonchev–Trinajstić information content (AvgIpc) is 2.50. The third-order valence-corrected chi connectivity index (χ3v) is 3.20. The number of hydrogen-bond donors (Lipinski definition) is 2. The van der Waals surface area contributed by atoms with Crippen molar-refractivity contribution in [2.45, 2.75) is 25.9 Å². The van der Waals surface area contributed by atoms with Crippen LogP contribution in [0.3, 0.4) is 0 Å². The van der Waals surface area contributed by atoms with E-state index in [9.17, 15) is 9.59 Å². The normalized spacial score (nSPS) is 11.9. The van der Waals surface area contributed by atoms with E-state index in [-0.39, 0.29) is 30.7 Å². The van der Waals surface area contributed by atoms with Gasteiger partial charge in [-0.25, -0.2) is 4.68 Å². The molecule has 1 aromatic heterocycles. The van der Waals surface area contributed by atoms with Gasteiger partial charge in [0.05, 0.1) is 5.69 Å². The lowest BCUT2D eigenvalue weighted by atomic mass is 10.1. The van der Waals surface area contributed by atoms with Crippen LogP contribution < -0.4 is 10.9 Å². The Hall–Kier alpha value is -2.47. The summed E-state index contributed by atoms with van der Waals surface area (Å²) in [6.07, 6.45) is 0.470. The molecule has 1 aromatic carbocycles. The van der Waals surface area contributed by atoms with E-state index in [0.29, 0.717) is 12.1 Å². The number of aliphatic hydroxyl groups is 1. The summed E-state index contributed by atoms with van der Waals surface area (Å²) >= 11 is 0.